The first kappa shape index (κ1) is 36.6. The van der Waals surface area contributed by atoms with Gasteiger partial charge in [0.25, 0.3) is 0 Å². The fourth-order valence-electron chi connectivity index (χ4n) is 10.6. The molecule has 0 radical (unpaired) electrons. The average molecular weight is 839 g/mol. The Morgan fingerprint density at radius 1 is 0.303 bits per heavy atom. The lowest BCUT2D eigenvalue weighted by molar-refractivity contribution is 1.08. The largest absolute Gasteiger partial charge is 0.309 e. The van der Waals surface area contributed by atoms with Crippen molar-refractivity contribution < 1.29 is 0 Å². The highest BCUT2D eigenvalue weighted by molar-refractivity contribution is 6.23. The van der Waals surface area contributed by atoms with Gasteiger partial charge in [0, 0.05) is 38.2 Å². The van der Waals surface area contributed by atoms with E-state index in [1.54, 1.807) is 0 Å². The van der Waals surface area contributed by atoms with Gasteiger partial charge in [-0.25, -0.2) is 9.97 Å². The monoisotopic (exact) mass is 838 g/mol. The highest BCUT2D eigenvalue weighted by Crippen LogP contribution is 2.44. The topological polar surface area (TPSA) is 35.6 Å². The molecule has 3 heterocycles. The van der Waals surface area contributed by atoms with Gasteiger partial charge in [-0.05, 0) is 97.7 Å². The van der Waals surface area contributed by atoms with E-state index in [1.165, 1.54) is 70.5 Å². The van der Waals surface area contributed by atoms with E-state index in [-0.39, 0.29) is 0 Å². The third kappa shape index (κ3) is 5.52. The van der Waals surface area contributed by atoms with Crippen molar-refractivity contribution in [2.24, 2.45) is 0 Å². The molecule has 0 aliphatic carbocycles. The first-order chi connectivity index (χ1) is 32.7. The first-order valence-corrected chi connectivity index (χ1v) is 22.6. The van der Waals surface area contributed by atoms with Crippen molar-refractivity contribution in [3.05, 3.63) is 231 Å². The molecule has 14 aromatic rings. The van der Waals surface area contributed by atoms with Gasteiger partial charge < -0.3 is 4.57 Å². The van der Waals surface area contributed by atoms with Gasteiger partial charge in [-0.1, -0.05) is 182 Å². The van der Waals surface area contributed by atoms with Crippen LogP contribution in [0.1, 0.15) is 0 Å². The van der Waals surface area contributed by atoms with Gasteiger partial charge in [0.1, 0.15) is 5.69 Å². The molecule has 306 valence electrons. The second kappa shape index (κ2) is 14.3. The molecular weight excluding hydrogens is 801 g/mol. The molecule has 11 aromatic carbocycles. The molecule has 4 heteroatoms. The number of fused-ring (bicyclic) bond motifs is 11. The summed E-state index contributed by atoms with van der Waals surface area (Å²) in [5.41, 5.74) is 14.0. The molecule has 3 aromatic heterocycles. The maximum Gasteiger partial charge on any atom is 0.165 e. The van der Waals surface area contributed by atoms with Crippen LogP contribution in [-0.2, 0) is 0 Å². The van der Waals surface area contributed by atoms with Crippen molar-refractivity contribution in [3.8, 4) is 45.0 Å². The maximum atomic E-state index is 5.53. The zero-order valence-corrected chi connectivity index (χ0v) is 35.7. The molecule has 0 aliphatic rings. The van der Waals surface area contributed by atoms with Crippen LogP contribution < -0.4 is 0 Å². The maximum absolute atomic E-state index is 5.53. The summed E-state index contributed by atoms with van der Waals surface area (Å²) in [6.07, 6.45) is 0. The number of hydrogen-bond acceptors (Lipinski definition) is 2. The predicted molar refractivity (Wildman–Crippen MR) is 277 cm³/mol. The van der Waals surface area contributed by atoms with Crippen molar-refractivity contribution in [1.82, 2.24) is 19.1 Å². The number of para-hydroxylation sites is 3. The molecule has 0 fully saturated rings. The van der Waals surface area contributed by atoms with E-state index in [0.717, 1.165) is 61.5 Å². The summed E-state index contributed by atoms with van der Waals surface area (Å²) < 4.78 is 4.81. The van der Waals surface area contributed by atoms with E-state index >= 15 is 0 Å². The molecule has 66 heavy (non-hydrogen) atoms. The molecule has 0 unspecified atom stereocenters. The van der Waals surface area contributed by atoms with Gasteiger partial charge >= 0.3 is 0 Å². The Kier molecular flexibility index (Phi) is 7.95. The summed E-state index contributed by atoms with van der Waals surface area (Å²) in [5, 5.41) is 12.0. The SMILES string of the molecule is c1ccc2cc(-c3nc4ccccc4nc3-n3c4cccc(-c5ccc6c7ccccc7n(-c7ccc(-c8cccc9ccccc89)cc7)c6c5)c4c4ccc5ccccc5c43)ccc2c1. The summed E-state index contributed by atoms with van der Waals surface area (Å²) in [6, 6.07) is 83.4. The van der Waals surface area contributed by atoms with Gasteiger partial charge in [-0.2, -0.15) is 0 Å². The van der Waals surface area contributed by atoms with Crippen molar-refractivity contribution in [3.63, 3.8) is 0 Å². The van der Waals surface area contributed by atoms with Gasteiger partial charge in [0.15, 0.2) is 5.82 Å². The normalized spacial score (nSPS) is 11.9. The Morgan fingerprint density at radius 3 is 1.73 bits per heavy atom. The summed E-state index contributed by atoms with van der Waals surface area (Å²) in [4.78, 5) is 11.0. The summed E-state index contributed by atoms with van der Waals surface area (Å²) >= 11 is 0. The number of hydrogen-bond donors (Lipinski definition) is 0. The van der Waals surface area contributed by atoms with Crippen LogP contribution in [0.4, 0.5) is 0 Å². The van der Waals surface area contributed by atoms with Crippen LogP contribution >= 0.6 is 0 Å². The number of rotatable bonds is 5. The molecule has 14 rings (SSSR count). The second-order valence-corrected chi connectivity index (χ2v) is 17.3. The number of nitrogens with zero attached hydrogens (tertiary/aromatic N) is 4. The highest BCUT2D eigenvalue weighted by Gasteiger charge is 2.24. The molecule has 0 N–H and O–H groups in total. The van der Waals surface area contributed by atoms with Crippen LogP contribution in [0.25, 0.3) is 132 Å². The minimum Gasteiger partial charge on any atom is -0.309 e. The van der Waals surface area contributed by atoms with Crippen molar-refractivity contribution in [1.29, 1.82) is 0 Å². The van der Waals surface area contributed by atoms with Crippen molar-refractivity contribution >= 4 is 87.0 Å². The molecular formula is C62H38N4. The summed E-state index contributed by atoms with van der Waals surface area (Å²) in [7, 11) is 0. The molecule has 0 atom stereocenters. The predicted octanol–water partition coefficient (Wildman–Crippen LogP) is 16.3. The van der Waals surface area contributed by atoms with Crippen LogP contribution in [0.5, 0.6) is 0 Å². The zero-order chi connectivity index (χ0) is 43.3. The Bertz CT molecular complexity index is 4280. The van der Waals surface area contributed by atoms with Crippen molar-refractivity contribution in [2.45, 2.75) is 0 Å². The smallest absolute Gasteiger partial charge is 0.165 e. The van der Waals surface area contributed by atoms with E-state index in [2.05, 4.69) is 228 Å². The lowest BCUT2D eigenvalue weighted by atomic mass is 9.97. The van der Waals surface area contributed by atoms with Gasteiger partial charge in [-0.3, -0.25) is 4.57 Å². The Hall–Kier alpha value is -8.86. The van der Waals surface area contributed by atoms with Gasteiger partial charge in [0.05, 0.1) is 33.1 Å². The van der Waals surface area contributed by atoms with Crippen LogP contribution in [0, 0.1) is 0 Å². The second-order valence-electron chi connectivity index (χ2n) is 17.3. The molecule has 0 bridgehead atoms. The quantitative estimate of drug-likeness (QED) is 0.173. The lowest BCUT2D eigenvalue weighted by Crippen LogP contribution is -2.04. The summed E-state index contributed by atoms with van der Waals surface area (Å²) in [6.45, 7) is 0. The van der Waals surface area contributed by atoms with E-state index in [4.69, 9.17) is 9.97 Å². The minimum atomic E-state index is 0.806. The highest BCUT2D eigenvalue weighted by atomic mass is 15.1. The average Bonchev–Trinajstić information content (AvgIpc) is 3.91. The lowest BCUT2D eigenvalue weighted by Gasteiger charge is -2.15. The van der Waals surface area contributed by atoms with Crippen LogP contribution in [-0.4, -0.2) is 19.1 Å². The fourth-order valence-corrected chi connectivity index (χ4v) is 10.6. The van der Waals surface area contributed by atoms with E-state index in [9.17, 15) is 0 Å². The molecule has 0 saturated carbocycles. The van der Waals surface area contributed by atoms with E-state index < -0.39 is 0 Å². The molecule has 0 saturated heterocycles. The molecule has 0 aliphatic heterocycles. The fraction of sp³-hybridized carbons (Fsp3) is 0. The Morgan fingerprint density at radius 2 is 0.879 bits per heavy atom. The van der Waals surface area contributed by atoms with Crippen LogP contribution in [0.15, 0.2) is 231 Å². The Labute approximate surface area is 379 Å². The molecule has 0 amide bonds. The number of aromatic nitrogens is 4. The van der Waals surface area contributed by atoms with Gasteiger partial charge in [-0.15, -0.1) is 0 Å². The van der Waals surface area contributed by atoms with E-state index in [1.807, 2.05) is 12.1 Å². The van der Waals surface area contributed by atoms with E-state index in [0.29, 0.717) is 0 Å². The zero-order valence-electron chi connectivity index (χ0n) is 35.7. The number of benzene rings is 11. The third-order valence-corrected chi connectivity index (χ3v) is 13.7. The van der Waals surface area contributed by atoms with Crippen molar-refractivity contribution in [2.75, 3.05) is 0 Å². The minimum absolute atomic E-state index is 0.806. The van der Waals surface area contributed by atoms with Crippen LogP contribution in [0.2, 0.25) is 0 Å². The Balaban J connectivity index is 1.02. The molecule has 4 nitrogen and oxygen atoms in total. The van der Waals surface area contributed by atoms with Crippen LogP contribution in [0.3, 0.4) is 0 Å². The van der Waals surface area contributed by atoms with Gasteiger partial charge in [0.2, 0.25) is 0 Å². The third-order valence-electron chi connectivity index (χ3n) is 13.7. The summed E-state index contributed by atoms with van der Waals surface area (Å²) in [5.74, 6) is 0.806. The molecule has 0 spiro atoms. The standard InChI is InChI=1S/C62H38N4/c1-2-16-43-37-45(28-27-39(43)13-1)60-62(64-55-24-9-8-23-54(55)63-60)66-57-26-12-22-49(59(57)53-36-31-41-15-4-6-19-50(41)61(53)66)44-32-35-52-51-20-7-10-25-56(51)65(58(52)38-44)46-33-29-42(30-34-46)48-21-11-17-40-14-3-5-18-47(40)48/h1-38H. The first-order valence-electron chi connectivity index (χ1n) is 22.6.